The van der Waals surface area contributed by atoms with Crippen LogP contribution < -0.4 is 5.43 Å². The summed E-state index contributed by atoms with van der Waals surface area (Å²) < 4.78 is 0. The van der Waals surface area contributed by atoms with Gasteiger partial charge in [-0.25, -0.2) is 5.43 Å². The lowest BCUT2D eigenvalue weighted by Crippen LogP contribution is -2.18. The molecule has 0 bridgehead atoms. The van der Waals surface area contributed by atoms with E-state index >= 15 is 0 Å². The van der Waals surface area contributed by atoms with Gasteiger partial charge in [-0.05, 0) is 37.0 Å². The van der Waals surface area contributed by atoms with E-state index in [4.69, 9.17) is 0 Å². The minimum atomic E-state index is -0.157. The molecule has 3 nitrogen and oxygen atoms in total. The predicted molar refractivity (Wildman–Crippen MR) is 89.2 cm³/mol. The van der Waals surface area contributed by atoms with Crippen LogP contribution in [0.3, 0.4) is 0 Å². The third-order valence-corrected chi connectivity index (χ3v) is 4.45. The smallest absolute Gasteiger partial charge is 0.267 e. The lowest BCUT2D eigenvalue weighted by Gasteiger charge is -2.03. The Morgan fingerprint density at radius 2 is 1.86 bits per heavy atom. The van der Waals surface area contributed by atoms with Crippen molar-refractivity contribution in [2.45, 2.75) is 33.6 Å². The summed E-state index contributed by atoms with van der Waals surface area (Å²) in [6.45, 7) is 6.10. The van der Waals surface area contributed by atoms with Crippen LogP contribution >= 0.6 is 11.3 Å². The van der Waals surface area contributed by atoms with Gasteiger partial charge in [0.1, 0.15) is 0 Å². The maximum absolute atomic E-state index is 12.0. The van der Waals surface area contributed by atoms with E-state index in [-0.39, 0.29) is 5.91 Å². The number of amides is 1. The summed E-state index contributed by atoms with van der Waals surface area (Å²) in [6, 6.07) is 10.2. The number of nitrogens with zero attached hydrogens (tertiary/aromatic N) is 1. The quantitative estimate of drug-likeness (QED) is 0.657. The minimum Gasteiger partial charge on any atom is -0.267 e. The minimum absolute atomic E-state index is 0.157. The maximum Gasteiger partial charge on any atom is 0.272 e. The van der Waals surface area contributed by atoms with Gasteiger partial charge in [-0.2, -0.15) is 5.10 Å². The van der Waals surface area contributed by atoms with Crippen molar-refractivity contribution in [2.75, 3.05) is 0 Å². The van der Waals surface area contributed by atoms with Gasteiger partial charge in [0.15, 0.2) is 0 Å². The summed E-state index contributed by atoms with van der Waals surface area (Å²) in [5, 5.41) is 6.05. The molecule has 0 unspecified atom stereocenters. The number of hydrogen-bond donors (Lipinski definition) is 1. The van der Waals surface area contributed by atoms with Crippen LogP contribution in [0.15, 0.2) is 40.8 Å². The summed E-state index contributed by atoms with van der Waals surface area (Å²) >= 11 is 1.60. The van der Waals surface area contributed by atoms with E-state index in [1.807, 2.05) is 30.5 Å². The normalized spacial score (nSPS) is 11.5. The average molecular weight is 300 g/mol. The highest BCUT2D eigenvalue weighted by molar-refractivity contribution is 7.10. The number of carbonyl (C=O) groups is 1. The average Bonchev–Trinajstić information content (AvgIpc) is 3.01. The standard InChI is InChI=1S/C17H20N2OS/c1-4-13-6-8-14(9-7-13)12(3)18-19-17(20)15-10-16(5-2)21-11-15/h6-11H,4-5H2,1-3H3,(H,19,20)/b18-12+. The molecule has 1 amide bonds. The van der Waals surface area contributed by atoms with Crippen LogP contribution in [0.4, 0.5) is 0 Å². The predicted octanol–water partition coefficient (Wildman–Crippen LogP) is 4.03. The monoisotopic (exact) mass is 300 g/mol. The molecule has 1 heterocycles. The largest absolute Gasteiger partial charge is 0.272 e. The number of rotatable bonds is 5. The van der Waals surface area contributed by atoms with E-state index in [9.17, 15) is 4.79 Å². The van der Waals surface area contributed by atoms with Gasteiger partial charge >= 0.3 is 0 Å². The van der Waals surface area contributed by atoms with Gasteiger partial charge < -0.3 is 0 Å². The van der Waals surface area contributed by atoms with Crippen LogP contribution in [0.5, 0.6) is 0 Å². The molecule has 2 aromatic rings. The molecule has 0 fully saturated rings. The molecule has 0 atom stereocenters. The molecule has 0 aliphatic rings. The molecule has 1 aromatic heterocycles. The number of carbonyl (C=O) groups excluding carboxylic acids is 1. The molecule has 0 saturated heterocycles. The summed E-state index contributed by atoms with van der Waals surface area (Å²) in [4.78, 5) is 13.2. The lowest BCUT2D eigenvalue weighted by atomic mass is 10.1. The summed E-state index contributed by atoms with van der Waals surface area (Å²) in [5.41, 5.74) is 6.41. The molecule has 21 heavy (non-hydrogen) atoms. The topological polar surface area (TPSA) is 41.5 Å². The van der Waals surface area contributed by atoms with Crippen molar-refractivity contribution in [3.05, 3.63) is 57.3 Å². The second kappa shape index (κ2) is 7.18. The summed E-state index contributed by atoms with van der Waals surface area (Å²) in [7, 11) is 0. The van der Waals surface area contributed by atoms with Crippen molar-refractivity contribution in [2.24, 2.45) is 5.10 Å². The van der Waals surface area contributed by atoms with Crippen LogP contribution in [0.1, 0.15) is 47.1 Å². The molecule has 0 spiro atoms. The maximum atomic E-state index is 12.0. The van der Waals surface area contributed by atoms with E-state index in [1.165, 1.54) is 10.4 Å². The number of aryl methyl sites for hydroxylation is 2. The van der Waals surface area contributed by atoms with Crippen LogP contribution in [0, 0.1) is 0 Å². The summed E-state index contributed by atoms with van der Waals surface area (Å²) in [5.74, 6) is -0.157. The van der Waals surface area contributed by atoms with E-state index < -0.39 is 0 Å². The molecular formula is C17H20N2OS. The van der Waals surface area contributed by atoms with Crippen LogP contribution in [0.25, 0.3) is 0 Å². The molecule has 2 rings (SSSR count). The lowest BCUT2D eigenvalue weighted by molar-refractivity contribution is 0.0955. The third kappa shape index (κ3) is 4.02. The third-order valence-electron chi connectivity index (χ3n) is 3.37. The first kappa shape index (κ1) is 15.4. The van der Waals surface area contributed by atoms with Crippen LogP contribution in [0.2, 0.25) is 0 Å². The SMILES string of the molecule is CCc1ccc(/C(C)=N/NC(=O)c2csc(CC)c2)cc1. The molecule has 4 heteroatoms. The van der Waals surface area contributed by atoms with Crippen molar-refractivity contribution in [1.82, 2.24) is 5.43 Å². The molecular weight excluding hydrogens is 280 g/mol. The zero-order valence-electron chi connectivity index (χ0n) is 12.6. The highest BCUT2D eigenvalue weighted by Crippen LogP contribution is 2.15. The molecule has 0 aliphatic heterocycles. The fraction of sp³-hybridized carbons (Fsp3) is 0.294. The van der Waals surface area contributed by atoms with E-state index in [0.717, 1.165) is 24.1 Å². The zero-order chi connectivity index (χ0) is 15.2. The van der Waals surface area contributed by atoms with Gasteiger partial charge in [0, 0.05) is 10.3 Å². The van der Waals surface area contributed by atoms with Crippen LogP contribution in [-0.2, 0) is 12.8 Å². The molecule has 1 N–H and O–H groups in total. The van der Waals surface area contributed by atoms with E-state index in [2.05, 4.69) is 36.5 Å². The second-order valence-electron chi connectivity index (χ2n) is 4.84. The number of thiophene rings is 1. The van der Waals surface area contributed by atoms with Crippen molar-refractivity contribution < 1.29 is 4.79 Å². The number of hydrogen-bond acceptors (Lipinski definition) is 3. The fourth-order valence-electron chi connectivity index (χ4n) is 1.93. The van der Waals surface area contributed by atoms with Gasteiger partial charge in [0.05, 0.1) is 11.3 Å². The first-order valence-electron chi connectivity index (χ1n) is 7.15. The Labute approximate surface area is 129 Å². The fourth-order valence-corrected chi connectivity index (χ4v) is 2.75. The summed E-state index contributed by atoms with van der Waals surface area (Å²) in [6.07, 6.45) is 1.97. The van der Waals surface area contributed by atoms with Gasteiger partial charge in [-0.3, -0.25) is 4.79 Å². The van der Waals surface area contributed by atoms with E-state index in [0.29, 0.717) is 5.56 Å². The number of benzene rings is 1. The van der Waals surface area contributed by atoms with E-state index in [1.54, 1.807) is 11.3 Å². The van der Waals surface area contributed by atoms with Gasteiger partial charge in [0.25, 0.3) is 5.91 Å². The molecule has 110 valence electrons. The van der Waals surface area contributed by atoms with Gasteiger partial charge in [-0.1, -0.05) is 38.1 Å². The zero-order valence-corrected chi connectivity index (χ0v) is 13.5. The molecule has 1 aromatic carbocycles. The molecule has 0 aliphatic carbocycles. The van der Waals surface area contributed by atoms with Crippen LogP contribution in [-0.4, -0.2) is 11.6 Å². The molecule has 0 radical (unpaired) electrons. The Morgan fingerprint density at radius 1 is 1.14 bits per heavy atom. The van der Waals surface area contributed by atoms with Gasteiger partial charge in [0.2, 0.25) is 0 Å². The Hall–Kier alpha value is -1.94. The Morgan fingerprint density at radius 3 is 2.43 bits per heavy atom. The van der Waals surface area contributed by atoms with Gasteiger partial charge in [-0.15, -0.1) is 11.3 Å². The van der Waals surface area contributed by atoms with Crippen molar-refractivity contribution >= 4 is 23.0 Å². The highest BCUT2D eigenvalue weighted by Gasteiger charge is 2.07. The van der Waals surface area contributed by atoms with Crippen molar-refractivity contribution in [3.63, 3.8) is 0 Å². The molecule has 0 saturated carbocycles. The first-order valence-corrected chi connectivity index (χ1v) is 8.03. The Bertz CT molecular complexity index is 641. The number of hydrazone groups is 1. The highest BCUT2D eigenvalue weighted by atomic mass is 32.1. The number of nitrogens with one attached hydrogen (secondary N) is 1. The van der Waals surface area contributed by atoms with Crippen molar-refractivity contribution in [1.29, 1.82) is 0 Å². The first-order chi connectivity index (χ1) is 10.1. The Kier molecular flexibility index (Phi) is 5.28. The van der Waals surface area contributed by atoms with Crippen molar-refractivity contribution in [3.8, 4) is 0 Å². The second-order valence-corrected chi connectivity index (χ2v) is 5.84. The Balaban J connectivity index is 2.03.